The highest BCUT2D eigenvalue weighted by atomic mass is 16.2. The van der Waals surface area contributed by atoms with Crippen molar-refractivity contribution in [3.63, 3.8) is 0 Å². The molecule has 4 bridgehead atoms. The molecule has 5 saturated carbocycles. The molecule has 1 saturated heterocycles. The number of hydrogen-bond acceptors (Lipinski definition) is 1. The molecule has 0 spiro atoms. The Balaban J connectivity index is 1.44. The van der Waals surface area contributed by atoms with E-state index in [1.54, 1.807) is 0 Å². The summed E-state index contributed by atoms with van der Waals surface area (Å²) in [7, 11) is 0. The Morgan fingerprint density at radius 2 is 1.52 bits per heavy atom. The zero-order valence-corrected chi connectivity index (χ0v) is 13.4. The van der Waals surface area contributed by atoms with Crippen LogP contribution in [0, 0.1) is 23.7 Å². The van der Waals surface area contributed by atoms with E-state index in [2.05, 4.69) is 23.6 Å². The molecular formula is C18H28N2O. The Morgan fingerprint density at radius 3 is 2.05 bits per heavy atom. The third-order valence-electron chi connectivity index (χ3n) is 7.11. The summed E-state index contributed by atoms with van der Waals surface area (Å²) < 4.78 is 0. The Kier molecular flexibility index (Phi) is 2.41. The summed E-state index contributed by atoms with van der Waals surface area (Å²) in [6, 6.07) is 1.50. The summed E-state index contributed by atoms with van der Waals surface area (Å²) in [5.41, 5.74) is 0.0485. The third kappa shape index (κ3) is 1.75. The van der Waals surface area contributed by atoms with E-state index in [1.165, 1.54) is 44.9 Å². The van der Waals surface area contributed by atoms with Crippen molar-refractivity contribution in [2.45, 2.75) is 76.4 Å². The van der Waals surface area contributed by atoms with Crippen molar-refractivity contribution in [2.24, 2.45) is 23.7 Å². The van der Waals surface area contributed by atoms with Gasteiger partial charge in [0, 0.05) is 18.6 Å². The fourth-order valence-electron chi connectivity index (χ4n) is 6.58. The maximum atomic E-state index is 13.1. The van der Waals surface area contributed by atoms with Crippen LogP contribution in [-0.2, 0) is 0 Å². The molecule has 1 heterocycles. The first-order chi connectivity index (χ1) is 10.0. The molecule has 116 valence electrons. The van der Waals surface area contributed by atoms with Crippen LogP contribution in [0.5, 0.6) is 0 Å². The molecule has 1 aliphatic heterocycles. The van der Waals surface area contributed by atoms with Gasteiger partial charge in [-0.1, -0.05) is 0 Å². The predicted molar refractivity (Wildman–Crippen MR) is 81.9 cm³/mol. The van der Waals surface area contributed by atoms with E-state index in [1.807, 2.05) is 0 Å². The molecule has 0 aromatic heterocycles. The van der Waals surface area contributed by atoms with Crippen molar-refractivity contribution in [2.75, 3.05) is 6.54 Å². The van der Waals surface area contributed by atoms with E-state index in [0.717, 1.165) is 30.2 Å². The van der Waals surface area contributed by atoms with Gasteiger partial charge in [-0.3, -0.25) is 0 Å². The van der Waals surface area contributed by atoms with E-state index in [-0.39, 0.29) is 5.54 Å². The van der Waals surface area contributed by atoms with Crippen LogP contribution in [0.25, 0.3) is 0 Å². The zero-order chi connectivity index (χ0) is 14.4. The van der Waals surface area contributed by atoms with Crippen molar-refractivity contribution in [3.8, 4) is 0 Å². The van der Waals surface area contributed by atoms with Crippen LogP contribution < -0.4 is 0 Å². The topological polar surface area (TPSA) is 23.6 Å². The Hall–Kier alpha value is -0.730. The lowest BCUT2D eigenvalue weighted by Gasteiger charge is -2.56. The molecule has 6 aliphatic rings. The van der Waals surface area contributed by atoms with Gasteiger partial charge in [-0.2, -0.15) is 0 Å². The lowest BCUT2D eigenvalue weighted by molar-refractivity contribution is -0.0481. The highest BCUT2D eigenvalue weighted by molar-refractivity contribution is 5.79. The van der Waals surface area contributed by atoms with E-state index in [0.29, 0.717) is 18.1 Å². The zero-order valence-electron chi connectivity index (χ0n) is 13.4. The average molecular weight is 288 g/mol. The Bertz CT molecular complexity index is 454. The molecule has 3 heteroatoms. The van der Waals surface area contributed by atoms with Crippen molar-refractivity contribution in [3.05, 3.63) is 0 Å². The molecule has 21 heavy (non-hydrogen) atoms. The van der Waals surface area contributed by atoms with Crippen LogP contribution in [0.1, 0.15) is 58.8 Å². The molecule has 6 rings (SSSR count). The van der Waals surface area contributed by atoms with Crippen LogP contribution >= 0.6 is 0 Å². The normalized spacial score (nSPS) is 47.5. The van der Waals surface area contributed by atoms with Gasteiger partial charge in [-0.25, -0.2) is 4.79 Å². The van der Waals surface area contributed by atoms with E-state index in [4.69, 9.17) is 0 Å². The van der Waals surface area contributed by atoms with Crippen LogP contribution in [0.4, 0.5) is 4.79 Å². The number of hydrogen-bond donors (Lipinski definition) is 0. The van der Waals surface area contributed by atoms with E-state index in [9.17, 15) is 4.79 Å². The molecule has 0 aromatic carbocycles. The Morgan fingerprint density at radius 1 is 0.952 bits per heavy atom. The minimum absolute atomic E-state index is 0.0485. The molecule has 0 radical (unpaired) electrons. The van der Waals surface area contributed by atoms with Crippen LogP contribution in [0.2, 0.25) is 0 Å². The predicted octanol–water partition coefficient (Wildman–Crippen LogP) is 3.49. The smallest absolute Gasteiger partial charge is 0.319 e. The molecule has 0 unspecified atom stereocenters. The number of carbonyl (C=O) groups excluding carboxylic acids is 1. The minimum Gasteiger partial charge on any atom is -0.319 e. The minimum atomic E-state index is 0.0485. The monoisotopic (exact) mass is 288 g/mol. The third-order valence-corrected chi connectivity index (χ3v) is 7.11. The summed E-state index contributed by atoms with van der Waals surface area (Å²) in [6.07, 6.45) is 9.58. The first-order valence-corrected chi connectivity index (χ1v) is 9.13. The summed E-state index contributed by atoms with van der Waals surface area (Å²) in [5.74, 6) is 3.63. The van der Waals surface area contributed by atoms with Crippen molar-refractivity contribution in [1.82, 2.24) is 9.80 Å². The van der Waals surface area contributed by atoms with Crippen LogP contribution in [-0.4, -0.2) is 40.0 Å². The second kappa shape index (κ2) is 3.97. The standard InChI is InChI=1S/C18H28N2O/c1-18(2)10-19(17(21)20(18)15-3-4-15)16-13-6-11-5-12(8-13)9-14(16)7-11/h11-16H,3-10H2,1-2H3. The lowest BCUT2D eigenvalue weighted by atomic mass is 9.54. The maximum absolute atomic E-state index is 13.1. The van der Waals surface area contributed by atoms with E-state index < -0.39 is 0 Å². The SMILES string of the molecule is CC1(C)CN(C2C3CC4CC(C3)CC2C4)C(=O)N1C1CC1. The fraction of sp³-hybridized carbons (Fsp3) is 0.944. The molecule has 0 N–H and O–H groups in total. The van der Waals surface area contributed by atoms with Gasteiger partial charge in [0.25, 0.3) is 0 Å². The van der Waals surface area contributed by atoms with Crippen LogP contribution in [0.15, 0.2) is 0 Å². The second-order valence-electron chi connectivity index (χ2n) is 9.25. The summed E-state index contributed by atoms with van der Waals surface area (Å²) >= 11 is 0. The van der Waals surface area contributed by atoms with Gasteiger partial charge in [0.2, 0.25) is 0 Å². The molecule has 6 fully saturated rings. The largest absolute Gasteiger partial charge is 0.321 e. The number of rotatable bonds is 2. The number of nitrogens with zero attached hydrogens (tertiary/aromatic N) is 2. The highest BCUT2D eigenvalue weighted by Crippen LogP contribution is 2.56. The summed E-state index contributed by atoms with van der Waals surface area (Å²) in [5, 5.41) is 0. The van der Waals surface area contributed by atoms with Crippen molar-refractivity contribution >= 4 is 6.03 Å². The van der Waals surface area contributed by atoms with Gasteiger partial charge in [0.1, 0.15) is 0 Å². The van der Waals surface area contributed by atoms with Gasteiger partial charge < -0.3 is 9.80 Å². The number of amides is 2. The van der Waals surface area contributed by atoms with Crippen molar-refractivity contribution < 1.29 is 4.79 Å². The summed E-state index contributed by atoms with van der Waals surface area (Å²) in [6.45, 7) is 5.52. The summed E-state index contributed by atoms with van der Waals surface area (Å²) in [4.78, 5) is 17.6. The number of carbonyl (C=O) groups is 1. The molecule has 5 aliphatic carbocycles. The lowest BCUT2D eigenvalue weighted by Crippen LogP contribution is -2.56. The first kappa shape index (κ1) is 12.8. The maximum Gasteiger partial charge on any atom is 0.321 e. The quantitative estimate of drug-likeness (QED) is 0.763. The molecule has 3 nitrogen and oxygen atoms in total. The molecular weight excluding hydrogens is 260 g/mol. The molecule has 0 aromatic rings. The van der Waals surface area contributed by atoms with Gasteiger partial charge >= 0.3 is 6.03 Å². The second-order valence-corrected chi connectivity index (χ2v) is 9.25. The molecule has 0 atom stereocenters. The van der Waals surface area contributed by atoms with Crippen LogP contribution in [0.3, 0.4) is 0 Å². The fourth-order valence-corrected chi connectivity index (χ4v) is 6.58. The highest BCUT2D eigenvalue weighted by Gasteiger charge is 2.57. The van der Waals surface area contributed by atoms with Gasteiger partial charge in [0.05, 0.1) is 5.54 Å². The number of urea groups is 1. The average Bonchev–Trinajstić information content (AvgIpc) is 3.16. The van der Waals surface area contributed by atoms with E-state index >= 15 is 0 Å². The van der Waals surface area contributed by atoms with Gasteiger partial charge in [0.15, 0.2) is 0 Å². The van der Waals surface area contributed by atoms with Crippen molar-refractivity contribution in [1.29, 1.82) is 0 Å². The first-order valence-electron chi connectivity index (χ1n) is 9.13. The molecule has 2 amide bonds. The van der Waals surface area contributed by atoms with Gasteiger partial charge in [-0.15, -0.1) is 0 Å². The van der Waals surface area contributed by atoms with Gasteiger partial charge in [-0.05, 0) is 82.5 Å². The Labute approximate surface area is 128 Å².